The van der Waals surface area contributed by atoms with Crippen LogP contribution in [-0.4, -0.2) is 17.1 Å². The number of aryl methyl sites for hydroxylation is 1. The molecule has 1 N–H and O–H groups in total. The van der Waals surface area contributed by atoms with Gasteiger partial charge in [0.25, 0.3) is 5.91 Å². The van der Waals surface area contributed by atoms with Crippen molar-refractivity contribution in [3.05, 3.63) is 83.2 Å². The molecule has 0 saturated carbocycles. The number of anilines is 1. The Balaban J connectivity index is 1.88. The fourth-order valence-electron chi connectivity index (χ4n) is 3.24. The van der Waals surface area contributed by atoms with E-state index in [-0.39, 0.29) is 5.57 Å². The van der Waals surface area contributed by atoms with E-state index in [0.29, 0.717) is 18.0 Å². The molecule has 0 unspecified atom stereocenters. The van der Waals surface area contributed by atoms with Crippen LogP contribution in [0.25, 0.3) is 11.8 Å². The van der Waals surface area contributed by atoms with Gasteiger partial charge in [-0.1, -0.05) is 24.3 Å². The summed E-state index contributed by atoms with van der Waals surface area (Å²) in [5.41, 5.74) is 4.49. The fraction of sp³-hybridized carbons (Fsp3) is 0.167. The smallest absolute Gasteiger partial charge is 0.266 e. The molecule has 0 saturated heterocycles. The number of amides is 1. The first-order chi connectivity index (χ1) is 14.0. The molecule has 1 heterocycles. The van der Waals surface area contributed by atoms with E-state index < -0.39 is 5.91 Å². The van der Waals surface area contributed by atoms with Crippen molar-refractivity contribution >= 4 is 17.7 Å². The molecule has 0 fully saturated rings. The molecule has 146 valence electrons. The minimum Gasteiger partial charge on any atom is -0.494 e. The maximum Gasteiger partial charge on any atom is 0.266 e. The van der Waals surface area contributed by atoms with Crippen molar-refractivity contribution < 1.29 is 9.53 Å². The van der Waals surface area contributed by atoms with E-state index in [1.807, 2.05) is 69.3 Å². The molecule has 0 bridgehead atoms. The number of hydrogen-bond donors (Lipinski definition) is 1. The SMILES string of the molecule is CCOc1cccc(NC(=O)/C(C#N)=C\c2cc(C)n(-c3ccccc3)c2C)c1. The molecular formula is C24H23N3O2. The molecular weight excluding hydrogens is 362 g/mol. The van der Waals surface area contributed by atoms with Crippen molar-refractivity contribution in [1.82, 2.24) is 4.57 Å². The van der Waals surface area contributed by atoms with E-state index in [1.54, 1.807) is 24.3 Å². The van der Waals surface area contributed by atoms with Crippen LogP contribution in [0.5, 0.6) is 5.75 Å². The third-order valence-corrected chi connectivity index (χ3v) is 4.55. The van der Waals surface area contributed by atoms with Gasteiger partial charge < -0.3 is 14.6 Å². The van der Waals surface area contributed by atoms with E-state index >= 15 is 0 Å². The quantitative estimate of drug-likeness (QED) is 0.477. The summed E-state index contributed by atoms with van der Waals surface area (Å²) in [5.74, 6) is 0.213. The maximum absolute atomic E-state index is 12.6. The summed E-state index contributed by atoms with van der Waals surface area (Å²) in [6, 6.07) is 21.1. The molecule has 1 aromatic heterocycles. The number of rotatable bonds is 6. The molecule has 0 radical (unpaired) electrons. The Labute approximate surface area is 170 Å². The third kappa shape index (κ3) is 4.56. The number of carbonyl (C=O) groups is 1. The van der Waals surface area contributed by atoms with Gasteiger partial charge in [0.15, 0.2) is 0 Å². The van der Waals surface area contributed by atoms with Gasteiger partial charge >= 0.3 is 0 Å². The monoisotopic (exact) mass is 385 g/mol. The molecule has 5 heteroatoms. The molecule has 0 aliphatic carbocycles. The van der Waals surface area contributed by atoms with Gasteiger partial charge in [0.05, 0.1) is 6.61 Å². The lowest BCUT2D eigenvalue weighted by Crippen LogP contribution is -2.13. The van der Waals surface area contributed by atoms with Crippen molar-refractivity contribution in [3.8, 4) is 17.5 Å². The van der Waals surface area contributed by atoms with Crippen LogP contribution >= 0.6 is 0 Å². The van der Waals surface area contributed by atoms with Gasteiger partial charge in [-0.15, -0.1) is 0 Å². The van der Waals surface area contributed by atoms with E-state index in [9.17, 15) is 10.1 Å². The van der Waals surface area contributed by atoms with Crippen LogP contribution in [0.1, 0.15) is 23.9 Å². The molecule has 29 heavy (non-hydrogen) atoms. The second-order valence-corrected chi connectivity index (χ2v) is 6.58. The van der Waals surface area contributed by atoms with Crippen LogP contribution in [0.2, 0.25) is 0 Å². The highest BCUT2D eigenvalue weighted by atomic mass is 16.5. The normalized spacial score (nSPS) is 11.0. The number of ether oxygens (including phenoxy) is 1. The van der Waals surface area contributed by atoms with Crippen molar-refractivity contribution in [2.75, 3.05) is 11.9 Å². The van der Waals surface area contributed by atoms with Gasteiger partial charge in [-0.2, -0.15) is 5.26 Å². The largest absolute Gasteiger partial charge is 0.494 e. The minimum atomic E-state index is -0.453. The van der Waals surface area contributed by atoms with E-state index in [2.05, 4.69) is 9.88 Å². The number of carbonyl (C=O) groups excluding carboxylic acids is 1. The second-order valence-electron chi connectivity index (χ2n) is 6.58. The summed E-state index contributed by atoms with van der Waals surface area (Å²) < 4.78 is 7.55. The van der Waals surface area contributed by atoms with Crippen molar-refractivity contribution in [2.45, 2.75) is 20.8 Å². The summed E-state index contributed by atoms with van der Waals surface area (Å²) in [5, 5.41) is 12.3. The predicted octanol–water partition coefficient (Wildman–Crippen LogP) is 5.04. The lowest BCUT2D eigenvalue weighted by Gasteiger charge is -2.09. The molecule has 0 aliphatic rings. The highest BCUT2D eigenvalue weighted by molar-refractivity contribution is 6.09. The number of hydrogen-bond acceptors (Lipinski definition) is 3. The van der Waals surface area contributed by atoms with Gasteiger partial charge in [0, 0.05) is 28.8 Å². The summed E-state index contributed by atoms with van der Waals surface area (Å²) in [4.78, 5) is 12.6. The molecule has 1 amide bonds. The topological polar surface area (TPSA) is 67.0 Å². The van der Waals surface area contributed by atoms with Crippen LogP contribution in [0, 0.1) is 25.2 Å². The fourth-order valence-corrected chi connectivity index (χ4v) is 3.24. The predicted molar refractivity (Wildman–Crippen MR) is 115 cm³/mol. The highest BCUT2D eigenvalue weighted by Crippen LogP contribution is 2.23. The minimum absolute atomic E-state index is 0.0418. The van der Waals surface area contributed by atoms with E-state index in [0.717, 1.165) is 22.6 Å². The first-order valence-corrected chi connectivity index (χ1v) is 9.44. The summed E-state index contributed by atoms with van der Waals surface area (Å²) in [6.07, 6.45) is 1.63. The molecule has 2 aromatic carbocycles. The van der Waals surface area contributed by atoms with Crippen LogP contribution < -0.4 is 10.1 Å². The van der Waals surface area contributed by atoms with Crippen molar-refractivity contribution in [1.29, 1.82) is 5.26 Å². The highest BCUT2D eigenvalue weighted by Gasteiger charge is 2.14. The lowest BCUT2D eigenvalue weighted by molar-refractivity contribution is -0.112. The Morgan fingerprint density at radius 1 is 1.14 bits per heavy atom. The zero-order chi connectivity index (χ0) is 20.8. The van der Waals surface area contributed by atoms with E-state index in [1.165, 1.54) is 0 Å². The van der Waals surface area contributed by atoms with Gasteiger partial charge in [-0.3, -0.25) is 4.79 Å². The van der Waals surface area contributed by atoms with Gasteiger partial charge in [0.1, 0.15) is 17.4 Å². The molecule has 3 aromatic rings. The third-order valence-electron chi connectivity index (χ3n) is 4.55. The van der Waals surface area contributed by atoms with Gasteiger partial charge in [0.2, 0.25) is 0 Å². The van der Waals surface area contributed by atoms with Crippen LogP contribution in [0.3, 0.4) is 0 Å². The molecule has 0 aliphatic heterocycles. The average Bonchev–Trinajstić information content (AvgIpc) is 3.00. The van der Waals surface area contributed by atoms with Crippen molar-refractivity contribution in [3.63, 3.8) is 0 Å². The van der Waals surface area contributed by atoms with Gasteiger partial charge in [-0.05, 0) is 62.7 Å². The van der Waals surface area contributed by atoms with Crippen molar-refractivity contribution in [2.24, 2.45) is 0 Å². The summed E-state index contributed by atoms with van der Waals surface area (Å²) in [7, 11) is 0. The zero-order valence-corrected chi connectivity index (χ0v) is 16.8. The Bertz CT molecular complexity index is 1090. The molecule has 0 atom stereocenters. The summed E-state index contributed by atoms with van der Waals surface area (Å²) >= 11 is 0. The maximum atomic E-state index is 12.6. The van der Waals surface area contributed by atoms with Gasteiger partial charge in [-0.25, -0.2) is 0 Å². The molecule has 0 spiro atoms. The molecule has 5 nitrogen and oxygen atoms in total. The Morgan fingerprint density at radius 2 is 1.90 bits per heavy atom. The summed E-state index contributed by atoms with van der Waals surface area (Å²) in [6.45, 7) is 6.42. The van der Waals surface area contributed by atoms with Crippen LogP contribution in [0.15, 0.2) is 66.2 Å². The first kappa shape index (κ1) is 20.0. The Kier molecular flexibility index (Phi) is 6.16. The Hall–Kier alpha value is -3.78. The van der Waals surface area contributed by atoms with Crippen LogP contribution in [-0.2, 0) is 4.79 Å². The number of nitrogens with one attached hydrogen (secondary N) is 1. The number of nitriles is 1. The zero-order valence-electron chi connectivity index (χ0n) is 16.8. The number of nitrogens with zero attached hydrogens (tertiary/aromatic N) is 2. The second kappa shape index (κ2) is 8.94. The lowest BCUT2D eigenvalue weighted by atomic mass is 10.1. The number of para-hydroxylation sites is 1. The first-order valence-electron chi connectivity index (χ1n) is 9.44. The van der Waals surface area contributed by atoms with Crippen LogP contribution in [0.4, 0.5) is 5.69 Å². The van der Waals surface area contributed by atoms with E-state index in [4.69, 9.17) is 4.74 Å². The number of benzene rings is 2. The molecule has 3 rings (SSSR count). The standard InChI is InChI=1S/C24H23N3O2/c1-4-29-23-12-8-9-21(15-23)26-24(28)20(16-25)14-19-13-17(2)27(18(19)3)22-10-6-5-7-11-22/h5-15H,4H2,1-3H3,(H,26,28)/b20-14-. The number of aromatic nitrogens is 1. The average molecular weight is 385 g/mol. The Morgan fingerprint density at radius 3 is 2.59 bits per heavy atom.